The number of benzene rings is 2. The minimum atomic E-state index is -0.823. The Balaban J connectivity index is 1.83. The molecule has 0 radical (unpaired) electrons. The molecule has 30 heavy (non-hydrogen) atoms. The van der Waals surface area contributed by atoms with Crippen molar-refractivity contribution in [2.75, 3.05) is 26.4 Å². The average molecular weight is 409 g/mol. The SMILES string of the molecule is CN(C)Cc1cccc(-c2nc(-c3cc4c(cc3F)C(=O)NCC4)c(N)nc2F)c1. The highest BCUT2D eigenvalue weighted by atomic mass is 19.1. The van der Waals surface area contributed by atoms with Gasteiger partial charge in [-0.3, -0.25) is 4.79 Å². The number of carbonyl (C=O) groups is 1. The second kappa shape index (κ2) is 7.79. The third kappa shape index (κ3) is 3.73. The van der Waals surface area contributed by atoms with E-state index in [4.69, 9.17) is 5.73 Å². The number of hydrogen-bond acceptors (Lipinski definition) is 5. The molecule has 0 atom stereocenters. The second-order valence-electron chi connectivity index (χ2n) is 7.53. The van der Waals surface area contributed by atoms with Gasteiger partial charge in [0, 0.05) is 29.8 Å². The van der Waals surface area contributed by atoms with Crippen LogP contribution in [0.1, 0.15) is 21.5 Å². The lowest BCUT2D eigenvalue weighted by Crippen LogP contribution is -2.32. The van der Waals surface area contributed by atoms with Crippen molar-refractivity contribution in [3.8, 4) is 22.5 Å². The van der Waals surface area contributed by atoms with Crippen LogP contribution in [-0.2, 0) is 13.0 Å². The van der Waals surface area contributed by atoms with Crippen molar-refractivity contribution >= 4 is 11.7 Å². The summed E-state index contributed by atoms with van der Waals surface area (Å²) >= 11 is 0. The monoisotopic (exact) mass is 409 g/mol. The van der Waals surface area contributed by atoms with Crippen LogP contribution in [0.4, 0.5) is 14.6 Å². The molecule has 4 rings (SSSR count). The Morgan fingerprint density at radius 2 is 1.90 bits per heavy atom. The molecule has 0 saturated carbocycles. The van der Waals surface area contributed by atoms with Gasteiger partial charge in [-0.15, -0.1) is 0 Å². The van der Waals surface area contributed by atoms with Crippen LogP contribution in [0.5, 0.6) is 0 Å². The summed E-state index contributed by atoms with van der Waals surface area (Å²) in [6.07, 6.45) is 0.558. The largest absolute Gasteiger partial charge is 0.382 e. The maximum atomic E-state index is 14.9. The van der Waals surface area contributed by atoms with Crippen LogP contribution in [0.25, 0.3) is 22.5 Å². The zero-order chi connectivity index (χ0) is 21.4. The van der Waals surface area contributed by atoms with Gasteiger partial charge in [0.25, 0.3) is 5.91 Å². The van der Waals surface area contributed by atoms with Crippen molar-refractivity contribution < 1.29 is 13.6 Å². The molecule has 0 saturated heterocycles. The molecule has 0 unspecified atom stereocenters. The number of nitrogens with one attached hydrogen (secondary N) is 1. The first-order valence-electron chi connectivity index (χ1n) is 9.51. The molecule has 1 aromatic heterocycles. The molecule has 3 aromatic rings. The number of aromatic nitrogens is 2. The smallest absolute Gasteiger partial charge is 0.251 e. The quantitative estimate of drug-likeness (QED) is 0.692. The van der Waals surface area contributed by atoms with Crippen LogP contribution in [0.2, 0.25) is 0 Å². The summed E-state index contributed by atoms with van der Waals surface area (Å²) in [7, 11) is 3.88. The van der Waals surface area contributed by atoms with Crippen molar-refractivity contribution in [2.24, 2.45) is 0 Å². The molecule has 0 spiro atoms. The summed E-state index contributed by atoms with van der Waals surface area (Å²) in [5.74, 6) is -2.01. The number of hydrogen-bond donors (Lipinski definition) is 2. The third-order valence-electron chi connectivity index (χ3n) is 4.95. The van der Waals surface area contributed by atoms with E-state index in [2.05, 4.69) is 15.3 Å². The zero-order valence-electron chi connectivity index (χ0n) is 16.7. The van der Waals surface area contributed by atoms with Gasteiger partial charge in [-0.2, -0.15) is 9.37 Å². The van der Waals surface area contributed by atoms with Crippen LogP contribution in [0.3, 0.4) is 0 Å². The molecular formula is C22H21F2N5O. The van der Waals surface area contributed by atoms with Gasteiger partial charge in [0.15, 0.2) is 5.82 Å². The summed E-state index contributed by atoms with van der Waals surface area (Å²) in [6, 6.07) is 10.00. The number of nitrogens with zero attached hydrogens (tertiary/aromatic N) is 3. The van der Waals surface area contributed by atoms with Gasteiger partial charge in [-0.05, 0) is 49.8 Å². The summed E-state index contributed by atoms with van der Waals surface area (Å²) < 4.78 is 29.5. The molecule has 1 aliphatic rings. The van der Waals surface area contributed by atoms with Gasteiger partial charge in [0.2, 0.25) is 5.95 Å². The molecule has 0 bridgehead atoms. The molecule has 3 N–H and O–H groups in total. The summed E-state index contributed by atoms with van der Waals surface area (Å²) in [6.45, 7) is 1.14. The highest BCUT2D eigenvalue weighted by Crippen LogP contribution is 2.32. The van der Waals surface area contributed by atoms with Crippen molar-refractivity contribution in [3.63, 3.8) is 0 Å². The van der Waals surface area contributed by atoms with Crippen LogP contribution >= 0.6 is 0 Å². The van der Waals surface area contributed by atoms with E-state index in [0.29, 0.717) is 30.6 Å². The number of carbonyl (C=O) groups excluding carboxylic acids is 1. The van der Waals surface area contributed by atoms with Crippen molar-refractivity contribution in [2.45, 2.75) is 13.0 Å². The first-order chi connectivity index (χ1) is 14.3. The van der Waals surface area contributed by atoms with Crippen LogP contribution in [-0.4, -0.2) is 41.4 Å². The summed E-state index contributed by atoms with van der Waals surface area (Å²) in [4.78, 5) is 22.1. The normalized spacial score (nSPS) is 13.3. The van der Waals surface area contributed by atoms with Gasteiger partial charge >= 0.3 is 0 Å². The van der Waals surface area contributed by atoms with Gasteiger partial charge in [0.1, 0.15) is 17.2 Å². The zero-order valence-corrected chi connectivity index (χ0v) is 16.7. The van der Waals surface area contributed by atoms with Gasteiger partial charge in [0.05, 0.1) is 0 Å². The molecule has 6 nitrogen and oxygen atoms in total. The van der Waals surface area contributed by atoms with Gasteiger partial charge < -0.3 is 16.0 Å². The second-order valence-corrected chi connectivity index (χ2v) is 7.53. The lowest BCUT2D eigenvalue weighted by molar-refractivity contribution is 0.0945. The molecule has 2 aromatic carbocycles. The highest BCUT2D eigenvalue weighted by Gasteiger charge is 2.23. The van der Waals surface area contributed by atoms with E-state index >= 15 is 0 Å². The third-order valence-corrected chi connectivity index (χ3v) is 4.95. The van der Waals surface area contributed by atoms with Crippen molar-refractivity contribution in [1.82, 2.24) is 20.2 Å². The van der Waals surface area contributed by atoms with Crippen molar-refractivity contribution in [3.05, 3.63) is 64.9 Å². The summed E-state index contributed by atoms with van der Waals surface area (Å²) in [5.41, 5.74) is 8.52. The number of anilines is 1. The lowest BCUT2D eigenvalue weighted by atomic mass is 9.96. The fourth-order valence-electron chi connectivity index (χ4n) is 3.61. The van der Waals surface area contributed by atoms with E-state index in [-0.39, 0.29) is 34.2 Å². The number of amides is 1. The number of rotatable bonds is 4. The molecule has 1 aliphatic heterocycles. The number of nitrogens with two attached hydrogens (primary N) is 1. The van der Waals surface area contributed by atoms with E-state index in [1.54, 1.807) is 12.1 Å². The van der Waals surface area contributed by atoms with E-state index in [1.807, 2.05) is 37.2 Å². The molecular weight excluding hydrogens is 388 g/mol. The van der Waals surface area contributed by atoms with Crippen molar-refractivity contribution in [1.29, 1.82) is 0 Å². The molecule has 154 valence electrons. The Morgan fingerprint density at radius 3 is 2.67 bits per heavy atom. The number of halogens is 2. The molecule has 1 amide bonds. The molecule has 0 fully saturated rings. The standard InChI is InChI=1S/C22H21F2N5O/c1-29(2)11-12-4-3-5-14(8-12)18-20(24)28-21(25)19(27-18)16-9-13-6-7-26-22(30)15(13)10-17(16)23/h3-5,8-10H,6-7,11H2,1-2H3,(H2,25,28)(H,26,30). The van der Waals surface area contributed by atoms with Crippen LogP contribution in [0.15, 0.2) is 36.4 Å². The predicted molar refractivity (Wildman–Crippen MR) is 111 cm³/mol. The Labute approximate surface area is 172 Å². The fraction of sp³-hybridized carbons (Fsp3) is 0.227. The van der Waals surface area contributed by atoms with Crippen LogP contribution in [0, 0.1) is 11.8 Å². The first-order valence-corrected chi connectivity index (χ1v) is 9.51. The Bertz CT molecular complexity index is 1150. The highest BCUT2D eigenvalue weighted by molar-refractivity contribution is 5.97. The minimum Gasteiger partial charge on any atom is -0.382 e. The van der Waals surface area contributed by atoms with Gasteiger partial charge in [-0.1, -0.05) is 18.2 Å². The van der Waals surface area contributed by atoms with Gasteiger partial charge in [-0.25, -0.2) is 9.37 Å². The Morgan fingerprint density at radius 1 is 1.10 bits per heavy atom. The molecule has 2 heterocycles. The fourth-order valence-corrected chi connectivity index (χ4v) is 3.61. The Kier molecular flexibility index (Phi) is 5.17. The maximum absolute atomic E-state index is 14.9. The van der Waals surface area contributed by atoms with E-state index in [9.17, 15) is 13.6 Å². The first kappa shape index (κ1) is 19.9. The van der Waals surface area contributed by atoms with E-state index < -0.39 is 11.8 Å². The van der Waals surface area contributed by atoms with E-state index in [0.717, 1.165) is 5.56 Å². The minimum absolute atomic E-state index is 0.00494. The number of nitrogen functional groups attached to an aromatic ring is 1. The molecule has 0 aliphatic carbocycles. The topological polar surface area (TPSA) is 84.1 Å². The Hall–Kier alpha value is -3.39. The number of fused-ring (bicyclic) bond motifs is 1. The molecule has 8 heteroatoms. The predicted octanol–water partition coefficient (Wildman–Crippen LogP) is 3.02. The summed E-state index contributed by atoms with van der Waals surface area (Å²) in [5, 5.41) is 2.68. The lowest BCUT2D eigenvalue weighted by Gasteiger charge is -2.18. The van der Waals surface area contributed by atoms with E-state index in [1.165, 1.54) is 6.07 Å². The average Bonchev–Trinajstić information content (AvgIpc) is 2.68. The maximum Gasteiger partial charge on any atom is 0.251 e. The van der Waals surface area contributed by atoms with Crippen LogP contribution < -0.4 is 11.1 Å².